The molecule has 0 bridgehead atoms. The molecule has 1 saturated heterocycles. The molecule has 5 rings (SSSR count). The molecule has 2 aromatic heterocycles. The average molecular weight is 443 g/mol. The van der Waals surface area contributed by atoms with Gasteiger partial charge >= 0.3 is 6.18 Å². The van der Waals surface area contributed by atoms with E-state index in [1.54, 1.807) is 23.1 Å². The van der Waals surface area contributed by atoms with Gasteiger partial charge in [-0.05, 0) is 49.7 Å². The van der Waals surface area contributed by atoms with Crippen molar-refractivity contribution in [1.82, 2.24) is 9.97 Å². The van der Waals surface area contributed by atoms with E-state index in [4.69, 9.17) is 21.9 Å². The van der Waals surface area contributed by atoms with Gasteiger partial charge in [-0.2, -0.15) is 18.4 Å². The van der Waals surface area contributed by atoms with E-state index in [-0.39, 0.29) is 10.8 Å². The lowest BCUT2D eigenvalue weighted by Crippen LogP contribution is -2.55. The van der Waals surface area contributed by atoms with Crippen LogP contribution in [0.5, 0.6) is 0 Å². The fourth-order valence-corrected chi connectivity index (χ4v) is 4.54. The number of oxazole rings is 1. The topological polar surface area (TPSA) is 86.3 Å². The molecule has 1 aliphatic heterocycles. The molecule has 7 nitrogen and oxygen atoms in total. The van der Waals surface area contributed by atoms with Gasteiger partial charge in [-0.3, -0.25) is 9.69 Å². The van der Waals surface area contributed by atoms with Crippen molar-refractivity contribution in [2.45, 2.75) is 31.0 Å². The molecule has 1 saturated carbocycles. The minimum absolute atomic E-state index is 0.0446. The zero-order valence-electron chi connectivity index (χ0n) is 15.7. The minimum Gasteiger partial charge on any atom is -0.443 e. The molecular weight excluding hydrogens is 431 g/mol. The van der Waals surface area contributed by atoms with Crippen molar-refractivity contribution in [1.29, 1.82) is 5.26 Å². The van der Waals surface area contributed by atoms with Gasteiger partial charge in [-0.25, -0.2) is 9.97 Å². The first-order valence-corrected chi connectivity index (χ1v) is 9.66. The molecular formula is C20H12F3N5O2S. The third-order valence-electron chi connectivity index (χ3n) is 5.71. The lowest BCUT2D eigenvalue weighted by atomic mass is 9.75. The predicted octanol–water partition coefficient (Wildman–Crippen LogP) is 4.17. The van der Waals surface area contributed by atoms with E-state index >= 15 is 0 Å². The summed E-state index contributed by atoms with van der Waals surface area (Å²) in [7, 11) is 0. The molecule has 1 spiro atoms. The standard InChI is InChI=1S/C20H12F3N5O2S/c21-20(22,23)13-6-12(9-25-15(13)8-24)27-17(29)19(4-1-5-19)28(18(27)31)11-2-3-14-16(7-11)30-10-26-14/h2-3,6-7,9-10H,1,4-5H2. The number of anilines is 2. The Hall–Kier alpha value is -3.52. The lowest BCUT2D eigenvalue weighted by Gasteiger charge is -2.42. The van der Waals surface area contributed by atoms with Crippen molar-refractivity contribution in [2.75, 3.05) is 9.80 Å². The van der Waals surface area contributed by atoms with Gasteiger partial charge in [0.15, 0.2) is 22.8 Å². The molecule has 2 aliphatic rings. The number of aromatic nitrogens is 2. The molecule has 11 heteroatoms. The number of amides is 1. The van der Waals surface area contributed by atoms with Gasteiger partial charge in [-0.1, -0.05) is 0 Å². The SMILES string of the molecule is N#Cc1ncc(N2C(=O)C3(CCC3)N(c3ccc4ncoc4c3)C2=S)cc1C(F)(F)F. The molecule has 156 valence electrons. The van der Waals surface area contributed by atoms with Crippen LogP contribution in [0.1, 0.15) is 30.5 Å². The summed E-state index contributed by atoms with van der Waals surface area (Å²) >= 11 is 5.56. The van der Waals surface area contributed by atoms with Crippen LogP contribution < -0.4 is 9.80 Å². The Morgan fingerprint density at radius 1 is 1.19 bits per heavy atom. The Morgan fingerprint density at radius 3 is 2.61 bits per heavy atom. The maximum Gasteiger partial charge on any atom is 0.419 e. The number of carbonyl (C=O) groups excluding carboxylic acids is 1. The number of nitriles is 1. The molecule has 3 aromatic rings. The summed E-state index contributed by atoms with van der Waals surface area (Å²) in [4.78, 5) is 23.9. The number of halogens is 3. The summed E-state index contributed by atoms with van der Waals surface area (Å²) in [6.07, 6.45) is -0.645. The van der Waals surface area contributed by atoms with E-state index in [0.717, 1.165) is 23.6 Å². The molecule has 0 unspecified atom stereocenters. The highest BCUT2D eigenvalue weighted by molar-refractivity contribution is 7.81. The van der Waals surface area contributed by atoms with Crippen LogP contribution >= 0.6 is 12.2 Å². The van der Waals surface area contributed by atoms with Crippen LogP contribution in [0.4, 0.5) is 24.5 Å². The van der Waals surface area contributed by atoms with Crippen LogP contribution in [0.25, 0.3) is 11.1 Å². The summed E-state index contributed by atoms with van der Waals surface area (Å²) < 4.78 is 45.6. The second-order valence-corrected chi connectivity index (χ2v) is 7.71. The number of hydrogen-bond donors (Lipinski definition) is 0. The largest absolute Gasteiger partial charge is 0.443 e. The van der Waals surface area contributed by atoms with Gasteiger partial charge in [0, 0.05) is 11.8 Å². The van der Waals surface area contributed by atoms with Gasteiger partial charge in [0.05, 0.1) is 17.4 Å². The van der Waals surface area contributed by atoms with Crippen molar-refractivity contribution in [3.63, 3.8) is 0 Å². The Morgan fingerprint density at radius 2 is 1.97 bits per heavy atom. The molecule has 31 heavy (non-hydrogen) atoms. The number of thiocarbonyl (C=S) groups is 1. The first-order chi connectivity index (χ1) is 14.8. The van der Waals surface area contributed by atoms with Crippen LogP contribution in [-0.4, -0.2) is 26.5 Å². The van der Waals surface area contributed by atoms with E-state index in [2.05, 4.69) is 9.97 Å². The number of fused-ring (bicyclic) bond motifs is 1. The second kappa shape index (κ2) is 6.49. The highest BCUT2D eigenvalue weighted by atomic mass is 32.1. The number of rotatable bonds is 2. The molecule has 3 heterocycles. The quantitative estimate of drug-likeness (QED) is 0.550. The second-order valence-electron chi connectivity index (χ2n) is 7.35. The first-order valence-electron chi connectivity index (χ1n) is 9.26. The van der Waals surface area contributed by atoms with Gasteiger partial charge < -0.3 is 9.32 Å². The van der Waals surface area contributed by atoms with Crippen molar-refractivity contribution >= 4 is 45.7 Å². The average Bonchev–Trinajstić information content (AvgIpc) is 3.26. The highest BCUT2D eigenvalue weighted by Gasteiger charge is 2.59. The zero-order valence-corrected chi connectivity index (χ0v) is 16.5. The number of carbonyl (C=O) groups is 1. The summed E-state index contributed by atoms with van der Waals surface area (Å²) in [5.41, 5.74) is -1.37. The number of benzene rings is 1. The monoisotopic (exact) mass is 443 g/mol. The molecule has 1 amide bonds. The third kappa shape index (κ3) is 2.71. The van der Waals surface area contributed by atoms with E-state index in [0.29, 0.717) is 29.6 Å². The van der Waals surface area contributed by atoms with Crippen LogP contribution in [0.2, 0.25) is 0 Å². The van der Waals surface area contributed by atoms with Gasteiger partial charge in [-0.15, -0.1) is 0 Å². The molecule has 2 fully saturated rings. The normalized spacial score (nSPS) is 18.0. The summed E-state index contributed by atoms with van der Waals surface area (Å²) in [5, 5.41) is 9.04. The number of hydrogen-bond acceptors (Lipinski definition) is 6. The smallest absolute Gasteiger partial charge is 0.419 e. The maximum absolute atomic E-state index is 13.4. The van der Waals surface area contributed by atoms with Gasteiger partial charge in [0.2, 0.25) is 0 Å². The highest BCUT2D eigenvalue weighted by Crippen LogP contribution is 2.48. The van der Waals surface area contributed by atoms with E-state index in [1.165, 1.54) is 12.5 Å². The van der Waals surface area contributed by atoms with Crippen LogP contribution in [0.3, 0.4) is 0 Å². The molecule has 1 aliphatic carbocycles. The fraction of sp³-hybridized carbons (Fsp3) is 0.250. The summed E-state index contributed by atoms with van der Waals surface area (Å²) in [6.45, 7) is 0. The Balaban J connectivity index is 1.63. The van der Waals surface area contributed by atoms with Crippen molar-refractivity contribution in [3.8, 4) is 6.07 Å². The molecule has 1 aromatic carbocycles. The Kier molecular flexibility index (Phi) is 4.07. The first kappa shape index (κ1) is 19.4. The van der Waals surface area contributed by atoms with Crippen LogP contribution in [-0.2, 0) is 11.0 Å². The van der Waals surface area contributed by atoms with Crippen molar-refractivity contribution < 1.29 is 22.4 Å². The predicted molar refractivity (Wildman–Crippen MR) is 107 cm³/mol. The lowest BCUT2D eigenvalue weighted by molar-refractivity contribution is -0.138. The molecule has 0 N–H and O–H groups in total. The fourth-order valence-electron chi connectivity index (χ4n) is 4.07. The number of pyridine rings is 1. The van der Waals surface area contributed by atoms with Crippen LogP contribution in [0, 0.1) is 11.3 Å². The van der Waals surface area contributed by atoms with Gasteiger partial charge in [0.1, 0.15) is 17.1 Å². The van der Waals surface area contributed by atoms with Gasteiger partial charge in [0.25, 0.3) is 5.91 Å². The number of alkyl halides is 3. The zero-order chi connectivity index (χ0) is 22.0. The van der Waals surface area contributed by atoms with E-state index in [9.17, 15) is 18.0 Å². The van der Waals surface area contributed by atoms with Crippen LogP contribution in [0.15, 0.2) is 41.3 Å². The van der Waals surface area contributed by atoms with Crippen molar-refractivity contribution in [2.24, 2.45) is 0 Å². The van der Waals surface area contributed by atoms with E-state index < -0.39 is 28.9 Å². The van der Waals surface area contributed by atoms with E-state index in [1.807, 2.05) is 0 Å². The van der Waals surface area contributed by atoms with Crippen molar-refractivity contribution in [3.05, 3.63) is 48.1 Å². The minimum atomic E-state index is -4.80. The molecule has 0 atom stereocenters. The third-order valence-corrected chi connectivity index (χ3v) is 6.07. The number of nitrogens with zero attached hydrogens (tertiary/aromatic N) is 5. The summed E-state index contributed by atoms with van der Waals surface area (Å²) in [5.74, 6) is -0.416. The summed E-state index contributed by atoms with van der Waals surface area (Å²) in [6, 6.07) is 7.34. The Labute approximate surface area is 178 Å². The maximum atomic E-state index is 13.4. The molecule has 0 radical (unpaired) electrons. The Bertz CT molecular complexity index is 1290.